The van der Waals surface area contributed by atoms with Crippen LogP contribution in [0.1, 0.15) is 24.8 Å². The number of carbonyl (C=O) groups is 2. The molecular weight excluding hydrogens is 296 g/mol. The van der Waals surface area contributed by atoms with E-state index in [1.165, 1.54) is 7.11 Å². The Balaban J connectivity index is 1.59. The Hall–Kier alpha value is -2.08. The third kappa shape index (κ3) is 5.56. The van der Waals surface area contributed by atoms with E-state index in [1.54, 1.807) is 0 Å². The first-order chi connectivity index (χ1) is 11.2. The summed E-state index contributed by atoms with van der Waals surface area (Å²) >= 11 is 0. The molecule has 6 heteroatoms. The van der Waals surface area contributed by atoms with Crippen LogP contribution in [0.4, 0.5) is 4.79 Å². The molecule has 1 aliphatic heterocycles. The van der Waals surface area contributed by atoms with Crippen LogP contribution in [0, 0.1) is 0 Å². The Kier molecular flexibility index (Phi) is 6.87. The van der Waals surface area contributed by atoms with Crippen molar-refractivity contribution in [3.05, 3.63) is 35.9 Å². The highest BCUT2D eigenvalue weighted by Gasteiger charge is 2.30. The van der Waals surface area contributed by atoms with Gasteiger partial charge >= 0.3 is 12.1 Å². The van der Waals surface area contributed by atoms with E-state index >= 15 is 0 Å². The van der Waals surface area contributed by atoms with Gasteiger partial charge in [0, 0.05) is 13.1 Å². The summed E-state index contributed by atoms with van der Waals surface area (Å²) in [5.41, 5.74) is 0.959. The average Bonchev–Trinajstić information content (AvgIpc) is 3.05. The van der Waals surface area contributed by atoms with Crippen molar-refractivity contribution in [2.45, 2.75) is 31.9 Å². The summed E-state index contributed by atoms with van der Waals surface area (Å²) in [5.74, 6) is -0.169. The van der Waals surface area contributed by atoms with E-state index in [0.29, 0.717) is 6.54 Å². The number of alkyl carbamates (subject to hydrolysis) is 1. The van der Waals surface area contributed by atoms with Gasteiger partial charge in [-0.1, -0.05) is 30.3 Å². The SMILES string of the molecule is COC(=O)[C@@H]1CCCN1CCCNC(=O)OCc1ccccc1. The van der Waals surface area contributed by atoms with Gasteiger partial charge in [-0.2, -0.15) is 0 Å². The molecule has 0 radical (unpaired) electrons. The van der Waals surface area contributed by atoms with Crippen molar-refractivity contribution in [1.82, 2.24) is 10.2 Å². The summed E-state index contributed by atoms with van der Waals surface area (Å²) in [5, 5.41) is 2.73. The van der Waals surface area contributed by atoms with E-state index in [4.69, 9.17) is 9.47 Å². The fraction of sp³-hybridized carbons (Fsp3) is 0.529. The topological polar surface area (TPSA) is 67.9 Å². The van der Waals surface area contributed by atoms with Gasteiger partial charge in [0.15, 0.2) is 0 Å². The lowest BCUT2D eigenvalue weighted by atomic mass is 10.2. The Morgan fingerprint density at radius 1 is 1.30 bits per heavy atom. The van der Waals surface area contributed by atoms with E-state index in [2.05, 4.69) is 10.2 Å². The van der Waals surface area contributed by atoms with Gasteiger partial charge in [0.05, 0.1) is 7.11 Å². The number of hydrogen-bond acceptors (Lipinski definition) is 5. The number of ether oxygens (including phenoxy) is 2. The first-order valence-electron chi connectivity index (χ1n) is 7.97. The highest BCUT2D eigenvalue weighted by atomic mass is 16.5. The summed E-state index contributed by atoms with van der Waals surface area (Å²) < 4.78 is 9.95. The Morgan fingerprint density at radius 2 is 2.09 bits per heavy atom. The molecule has 0 unspecified atom stereocenters. The van der Waals surface area contributed by atoms with Crippen molar-refractivity contribution < 1.29 is 19.1 Å². The third-order valence-electron chi connectivity index (χ3n) is 3.94. The third-order valence-corrected chi connectivity index (χ3v) is 3.94. The van der Waals surface area contributed by atoms with Crippen LogP contribution in [0.15, 0.2) is 30.3 Å². The quantitative estimate of drug-likeness (QED) is 0.614. The predicted octanol–water partition coefficient (Wildman–Crippen LogP) is 1.94. The largest absolute Gasteiger partial charge is 0.468 e. The van der Waals surface area contributed by atoms with Crippen molar-refractivity contribution >= 4 is 12.1 Å². The van der Waals surface area contributed by atoms with E-state index in [9.17, 15) is 9.59 Å². The summed E-state index contributed by atoms with van der Waals surface area (Å²) in [6, 6.07) is 9.42. The summed E-state index contributed by atoms with van der Waals surface area (Å²) in [6.45, 7) is 2.46. The van der Waals surface area contributed by atoms with Gasteiger partial charge in [-0.25, -0.2) is 4.79 Å². The Bertz CT molecular complexity index is 507. The van der Waals surface area contributed by atoms with Gasteiger partial charge in [-0.15, -0.1) is 0 Å². The molecule has 0 aromatic heterocycles. The average molecular weight is 320 g/mol. The predicted molar refractivity (Wildman–Crippen MR) is 85.9 cm³/mol. The smallest absolute Gasteiger partial charge is 0.407 e. The van der Waals surface area contributed by atoms with E-state index in [1.807, 2.05) is 30.3 Å². The maximum absolute atomic E-state index is 11.6. The molecule has 1 amide bonds. The second-order valence-electron chi connectivity index (χ2n) is 5.56. The second kappa shape index (κ2) is 9.15. The van der Waals surface area contributed by atoms with E-state index in [-0.39, 0.29) is 18.6 Å². The minimum atomic E-state index is -0.417. The van der Waals surface area contributed by atoms with Crippen LogP contribution in [0.5, 0.6) is 0 Å². The molecule has 1 fully saturated rings. The van der Waals surface area contributed by atoms with Crippen LogP contribution in [0.25, 0.3) is 0 Å². The molecule has 1 aliphatic rings. The molecule has 1 heterocycles. The molecule has 0 saturated carbocycles. The molecule has 1 aromatic rings. The molecule has 23 heavy (non-hydrogen) atoms. The number of hydrogen-bond donors (Lipinski definition) is 1. The summed E-state index contributed by atoms with van der Waals surface area (Å²) in [7, 11) is 1.42. The van der Waals surface area contributed by atoms with Crippen LogP contribution in [0.2, 0.25) is 0 Å². The monoisotopic (exact) mass is 320 g/mol. The van der Waals surface area contributed by atoms with Crippen LogP contribution >= 0.6 is 0 Å². The number of esters is 1. The molecule has 1 saturated heterocycles. The molecule has 0 bridgehead atoms. The van der Waals surface area contributed by atoms with Crippen molar-refractivity contribution in [1.29, 1.82) is 0 Å². The molecule has 2 rings (SSSR count). The minimum absolute atomic E-state index is 0.134. The normalized spacial score (nSPS) is 17.7. The molecule has 1 N–H and O–H groups in total. The molecule has 1 aromatic carbocycles. The van der Waals surface area contributed by atoms with Crippen LogP contribution in [-0.4, -0.2) is 49.7 Å². The van der Waals surface area contributed by atoms with Gasteiger partial charge in [-0.05, 0) is 31.4 Å². The van der Waals surface area contributed by atoms with Crippen molar-refractivity contribution in [3.63, 3.8) is 0 Å². The van der Waals surface area contributed by atoms with Gasteiger partial charge < -0.3 is 14.8 Å². The zero-order chi connectivity index (χ0) is 16.5. The van der Waals surface area contributed by atoms with Gasteiger partial charge in [-0.3, -0.25) is 9.69 Å². The lowest BCUT2D eigenvalue weighted by Crippen LogP contribution is -2.38. The fourth-order valence-electron chi connectivity index (χ4n) is 2.74. The highest BCUT2D eigenvalue weighted by molar-refractivity contribution is 5.75. The maximum atomic E-state index is 11.6. The van der Waals surface area contributed by atoms with E-state index < -0.39 is 6.09 Å². The second-order valence-corrected chi connectivity index (χ2v) is 5.56. The number of benzene rings is 1. The highest BCUT2D eigenvalue weighted by Crippen LogP contribution is 2.18. The number of nitrogens with one attached hydrogen (secondary N) is 1. The van der Waals surface area contributed by atoms with Crippen molar-refractivity contribution in [2.75, 3.05) is 26.7 Å². The number of carbonyl (C=O) groups excluding carboxylic acids is 2. The maximum Gasteiger partial charge on any atom is 0.407 e. The summed E-state index contributed by atoms with van der Waals surface area (Å²) in [6.07, 6.45) is 2.21. The number of methoxy groups -OCH3 is 1. The molecule has 1 atom stereocenters. The van der Waals surface area contributed by atoms with Crippen molar-refractivity contribution in [2.24, 2.45) is 0 Å². The standard InChI is InChI=1S/C17H24N2O4/c1-22-16(20)15-9-5-11-19(15)12-6-10-18-17(21)23-13-14-7-3-2-4-8-14/h2-4,7-8,15H,5-6,9-13H2,1H3,(H,18,21)/t15-/m0/s1. The summed E-state index contributed by atoms with van der Waals surface area (Å²) in [4.78, 5) is 25.4. The van der Waals surface area contributed by atoms with Crippen LogP contribution in [0.3, 0.4) is 0 Å². The number of rotatable bonds is 7. The van der Waals surface area contributed by atoms with Crippen LogP contribution in [-0.2, 0) is 20.9 Å². The number of amides is 1. The zero-order valence-corrected chi connectivity index (χ0v) is 13.5. The van der Waals surface area contributed by atoms with Gasteiger partial charge in [0.1, 0.15) is 12.6 Å². The molecular formula is C17H24N2O4. The minimum Gasteiger partial charge on any atom is -0.468 e. The lowest BCUT2D eigenvalue weighted by molar-refractivity contribution is -0.145. The van der Waals surface area contributed by atoms with Crippen LogP contribution < -0.4 is 5.32 Å². The van der Waals surface area contributed by atoms with E-state index in [0.717, 1.165) is 37.9 Å². The zero-order valence-electron chi connectivity index (χ0n) is 13.5. The molecule has 0 spiro atoms. The first-order valence-corrected chi connectivity index (χ1v) is 7.97. The first kappa shape index (κ1) is 17.3. The van der Waals surface area contributed by atoms with Gasteiger partial charge in [0.2, 0.25) is 0 Å². The molecule has 6 nitrogen and oxygen atoms in total. The Morgan fingerprint density at radius 3 is 2.83 bits per heavy atom. The van der Waals surface area contributed by atoms with Gasteiger partial charge in [0.25, 0.3) is 0 Å². The lowest BCUT2D eigenvalue weighted by Gasteiger charge is -2.22. The van der Waals surface area contributed by atoms with Crippen molar-refractivity contribution in [3.8, 4) is 0 Å². The molecule has 126 valence electrons. The number of likely N-dealkylation sites (tertiary alicyclic amines) is 1. The fourth-order valence-corrected chi connectivity index (χ4v) is 2.74. The Labute approximate surface area is 136 Å². The number of nitrogens with zero attached hydrogens (tertiary/aromatic N) is 1. The molecule has 0 aliphatic carbocycles.